The summed E-state index contributed by atoms with van der Waals surface area (Å²) in [4.78, 5) is 12.4. The third-order valence-electron chi connectivity index (χ3n) is 4.90. The number of alkyl halides is 3. The van der Waals surface area contributed by atoms with Crippen LogP contribution in [0.25, 0.3) is 0 Å². The third kappa shape index (κ3) is 5.64. The molecular weight excluding hydrogens is 457 g/mol. The van der Waals surface area contributed by atoms with E-state index in [2.05, 4.69) is 5.32 Å². The normalized spacial score (nSPS) is 11.7. The highest BCUT2D eigenvalue weighted by Gasteiger charge is 2.30. The lowest BCUT2D eigenvalue weighted by molar-refractivity contribution is -0.137. The zero-order chi connectivity index (χ0) is 24.2. The minimum atomic E-state index is -4.49. The van der Waals surface area contributed by atoms with Gasteiger partial charge in [-0.15, -0.1) is 0 Å². The van der Waals surface area contributed by atoms with E-state index in [1.54, 1.807) is 24.3 Å². The molecule has 0 atom stereocenters. The SMILES string of the molecule is COc1ccc(N(C)S(=O)(=O)c2cccc(C(=O)NCc3cccc(C(F)(F)F)c3)c2)cc1. The molecule has 1 N–H and O–H groups in total. The Labute approximate surface area is 189 Å². The van der Waals surface area contributed by atoms with Gasteiger partial charge in [0.2, 0.25) is 0 Å². The number of hydrogen-bond acceptors (Lipinski definition) is 4. The van der Waals surface area contributed by atoms with Crippen LogP contribution >= 0.6 is 0 Å². The summed E-state index contributed by atoms with van der Waals surface area (Å²) in [5.74, 6) is -0.0412. The lowest BCUT2D eigenvalue weighted by atomic mass is 10.1. The molecule has 0 spiro atoms. The monoisotopic (exact) mass is 478 g/mol. The van der Waals surface area contributed by atoms with Gasteiger partial charge < -0.3 is 10.1 Å². The Morgan fingerprint density at radius 2 is 1.67 bits per heavy atom. The minimum Gasteiger partial charge on any atom is -0.497 e. The highest BCUT2D eigenvalue weighted by atomic mass is 32.2. The number of sulfonamides is 1. The molecule has 0 aromatic heterocycles. The molecule has 0 bridgehead atoms. The maximum atomic E-state index is 13.0. The van der Waals surface area contributed by atoms with Crippen molar-refractivity contribution in [2.24, 2.45) is 0 Å². The van der Waals surface area contributed by atoms with E-state index in [9.17, 15) is 26.4 Å². The maximum absolute atomic E-state index is 13.0. The first-order valence-electron chi connectivity index (χ1n) is 9.70. The van der Waals surface area contributed by atoms with Gasteiger partial charge in [0.05, 0.1) is 23.3 Å². The van der Waals surface area contributed by atoms with E-state index in [0.29, 0.717) is 11.4 Å². The number of ether oxygens (including phenoxy) is 1. The van der Waals surface area contributed by atoms with Crippen LogP contribution in [-0.4, -0.2) is 28.5 Å². The van der Waals surface area contributed by atoms with Gasteiger partial charge >= 0.3 is 6.18 Å². The summed E-state index contributed by atoms with van der Waals surface area (Å²) >= 11 is 0. The molecule has 0 heterocycles. The topological polar surface area (TPSA) is 75.7 Å². The first-order chi connectivity index (χ1) is 15.5. The Morgan fingerprint density at radius 3 is 2.30 bits per heavy atom. The maximum Gasteiger partial charge on any atom is 0.416 e. The summed E-state index contributed by atoms with van der Waals surface area (Å²) in [6.45, 7) is -0.147. The summed E-state index contributed by atoms with van der Waals surface area (Å²) in [6.07, 6.45) is -4.49. The van der Waals surface area contributed by atoms with Gasteiger partial charge in [-0.3, -0.25) is 9.10 Å². The summed E-state index contributed by atoms with van der Waals surface area (Å²) in [7, 11) is -1.08. The highest BCUT2D eigenvalue weighted by molar-refractivity contribution is 7.92. The quantitative estimate of drug-likeness (QED) is 0.544. The molecule has 10 heteroatoms. The number of methoxy groups -OCH3 is 1. The Bertz CT molecular complexity index is 1240. The number of rotatable bonds is 7. The van der Waals surface area contributed by atoms with E-state index in [1.807, 2.05) is 0 Å². The lowest BCUT2D eigenvalue weighted by Gasteiger charge is -2.20. The molecule has 0 aliphatic heterocycles. The van der Waals surface area contributed by atoms with Crippen molar-refractivity contribution < 1.29 is 31.1 Å². The van der Waals surface area contributed by atoms with Crippen molar-refractivity contribution in [2.75, 3.05) is 18.5 Å². The van der Waals surface area contributed by atoms with Crippen LogP contribution in [0.3, 0.4) is 0 Å². The summed E-state index contributed by atoms with van der Waals surface area (Å²) in [6, 6.07) is 16.5. The van der Waals surface area contributed by atoms with Crippen LogP contribution in [0, 0.1) is 0 Å². The van der Waals surface area contributed by atoms with Crippen molar-refractivity contribution in [2.45, 2.75) is 17.6 Å². The second-order valence-corrected chi connectivity index (χ2v) is 9.05. The molecular formula is C23H21F3N2O4S. The van der Waals surface area contributed by atoms with Crippen molar-refractivity contribution in [1.29, 1.82) is 0 Å². The van der Waals surface area contributed by atoms with Gasteiger partial charge in [-0.2, -0.15) is 13.2 Å². The van der Waals surface area contributed by atoms with E-state index < -0.39 is 27.7 Å². The van der Waals surface area contributed by atoms with Gasteiger partial charge in [0, 0.05) is 19.2 Å². The zero-order valence-corrected chi connectivity index (χ0v) is 18.6. The average Bonchev–Trinajstić information content (AvgIpc) is 2.81. The van der Waals surface area contributed by atoms with E-state index >= 15 is 0 Å². The molecule has 0 saturated carbocycles. The molecule has 0 aliphatic carbocycles. The van der Waals surface area contributed by atoms with Crippen molar-refractivity contribution in [3.63, 3.8) is 0 Å². The number of nitrogens with zero attached hydrogens (tertiary/aromatic N) is 1. The van der Waals surface area contributed by atoms with Gasteiger partial charge in [-0.25, -0.2) is 8.42 Å². The first-order valence-corrected chi connectivity index (χ1v) is 11.1. The van der Waals surface area contributed by atoms with Crippen LogP contribution < -0.4 is 14.4 Å². The number of benzene rings is 3. The number of nitrogens with one attached hydrogen (secondary N) is 1. The van der Waals surface area contributed by atoms with Crippen LogP contribution in [-0.2, 0) is 22.7 Å². The Hall–Kier alpha value is -3.53. The standard InChI is InChI=1S/C23H21F3N2O4S/c1-28(19-9-11-20(32-2)12-10-19)33(30,31)21-8-4-6-17(14-21)22(29)27-15-16-5-3-7-18(13-16)23(24,25)26/h3-14H,15H2,1-2H3,(H,27,29). The molecule has 3 aromatic rings. The second kappa shape index (κ2) is 9.53. The van der Waals surface area contributed by atoms with Crippen molar-refractivity contribution in [3.05, 3.63) is 89.5 Å². The summed E-state index contributed by atoms with van der Waals surface area (Å²) < 4.78 is 70.8. The van der Waals surface area contributed by atoms with Gasteiger partial charge in [0.15, 0.2) is 0 Å². The number of amides is 1. The van der Waals surface area contributed by atoms with Crippen LogP contribution in [0.4, 0.5) is 18.9 Å². The Balaban J connectivity index is 1.76. The molecule has 1 amide bonds. The largest absolute Gasteiger partial charge is 0.497 e. The number of halogens is 3. The van der Waals surface area contributed by atoms with Gasteiger partial charge in [0.25, 0.3) is 15.9 Å². The van der Waals surface area contributed by atoms with Crippen molar-refractivity contribution in [1.82, 2.24) is 5.32 Å². The van der Waals surface area contributed by atoms with E-state index in [0.717, 1.165) is 16.4 Å². The van der Waals surface area contributed by atoms with Crippen LogP contribution in [0.1, 0.15) is 21.5 Å². The van der Waals surface area contributed by atoms with Crippen molar-refractivity contribution in [3.8, 4) is 5.75 Å². The minimum absolute atomic E-state index is 0.0613. The van der Waals surface area contributed by atoms with Gasteiger partial charge in [-0.05, 0) is 60.2 Å². The number of hydrogen-bond donors (Lipinski definition) is 1. The van der Waals surface area contributed by atoms with Crippen molar-refractivity contribution >= 4 is 21.6 Å². The van der Waals surface area contributed by atoms with E-state index in [1.165, 1.54) is 50.6 Å². The number of carbonyl (C=O) groups excluding carboxylic acids is 1. The predicted molar refractivity (Wildman–Crippen MR) is 118 cm³/mol. The second-order valence-electron chi connectivity index (χ2n) is 7.08. The Kier molecular flexibility index (Phi) is 6.97. The average molecular weight is 478 g/mol. The fourth-order valence-corrected chi connectivity index (χ4v) is 4.27. The van der Waals surface area contributed by atoms with Gasteiger partial charge in [0.1, 0.15) is 5.75 Å². The fraction of sp³-hybridized carbons (Fsp3) is 0.174. The van der Waals surface area contributed by atoms with Crippen LogP contribution in [0.5, 0.6) is 5.75 Å². The molecule has 0 aliphatic rings. The molecule has 33 heavy (non-hydrogen) atoms. The number of carbonyl (C=O) groups is 1. The smallest absolute Gasteiger partial charge is 0.416 e. The van der Waals surface area contributed by atoms with Crippen LogP contribution in [0.2, 0.25) is 0 Å². The number of anilines is 1. The molecule has 174 valence electrons. The molecule has 0 saturated heterocycles. The van der Waals surface area contributed by atoms with Crippen LogP contribution in [0.15, 0.2) is 77.7 Å². The lowest BCUT2D eigenvalue weighted by Crippen LogP contribution is -2.27. The first kappa shape index (κ1) is 24.1. The molecule has 0 unspecified atom stereocenters. The van der Waals surface area contributed by atoms with E-state index in [-0.39, 0.29) is 22.6 Å². The van der Waals surface area contributed by atoms with Gasteiger partial charge in [-0.1, -0.05) is 18.2 Å². The molecule has 0 radical (unpaired) electrons. The summed E-state index contributed by atoms with van der Waals surface area (Å²) in [5.41, 5.74) is -0.0912. The highest BCUT2D eigenvalue weighted by Crippen LogP contribution is 2.29. The summed E-state index contributed by atoms with van der Waals surface area (Å²) in [5, 5.41) is 2.52. The third-order valence-corrected chi connectivity index (χ3v) is 6.68. The Morgan fingerprint density at radius 1 is 1.00 bits per heavy atom. The molecule has 6 nitrogen and oxygen atoms in total. The molecule has 3 aromatic carbocycles. The predicted octanol–water partition coefficient (Wildman–Crippen LogP) is 4.47. The zero-order valence-electron chi connectivity index (χ0n) is 17.8. The molecule has 0 fully saturated rings. The fourth-order valence-electron chi connectivity index (χ4n) is 3.03. The molecule has 3 rings (SSSR count). The van der Waals surface area contributed by atoms with E-state index in [4.69, 9.17) is 4.74 Å².